The maximum atomic E-state index is 12.1. The highest BCUT2D eigenvalue weighted by Gasteiger charge is 2.30. The number of hydrogen-bond donors (Lipinski definition) is 1. The molecule has 0 radical (unpaired) electrons. The Labute approximate surface area is 135 Å². The Morgan fingerprint density at radius 2 is 2.09 bits per heavy atom. The Morgan fingerprint density at radius 1 is 1.30 bits per heavy atom. The number of nitrogens with zero attached hydrogens (tertiary/aromatic N) is 3. The highest BCUT2D eigenvalue weighted by Crippen LogP contribution is 2.22. The molecule has 1 fully saturated rings. The zero-order valence-corrected chi connectivity index (χ0v) is 13.7. The molecule has 2 heterocycles. The summed E-state index contributed by atoms with van der Waals surface area (Å²) in [5, 5.41) is 4.42. The normalized spacial score (nSPS) is 18.2. The van der Waals surface area contributed by atoms with Gasteiger partial charge in [0.2, 0.25) is 0 Å². The number of carbonyl (C=O) groups excluding carboxylic acids is 1. The summed E-state index contributed by atoms with van der Waals surface area (Å²) in [7, 11) is 0. The van der Waals surface area contributed by atoms with Gasteiger partial charge in [-0.15, -0.1) is 0 Å². The molecule has 0 spiro atoms. The fraction of sp³-hybridized carbons (Fsp3) is 0.471. The van der Waals surface area contributed by atoms with Crippen LogP contribution in [0.2, 0.25) is 0 Å². The van der Waals surface area contributed by atoms with Crippen molar-refractivity contribution in [1.82, 2.24) is 14.9 Å². The summed E-state index contributed by atoms with van der Waals surface area (Å²) in [4.78, 5) is 22.5. The summed E-state index contributed by atoms with van der Waals surface area (Å²) in [5.74, 6) is 0.812. The SMILES string of the molecule is CC(C)(C)OC(=O)N1CCC(Nc2ncnc3ccccc23)C1. The van der Waals surface area contributed by atoms with E-state index in [9.17, 15) is 4.79 Å². The van der Waals surface area contributed by atoms with Crippen molar-refractivity contribution < 1.29 is 9.53 Å². The number of nitrogens with one attached hydrogen (secondary N) is 1. The largest absolute Gasteiger partial charge is 0.444 e. The molecule has 1 amide bonds. The van der Waals surface area contributed by atoms with E-state index in [-0.39, 0.29) is 12.1 Å². The Morgan fingerprint density at radius 3 is 2.87 bits per heavy atom. The summed E-state index contributed by atoms with van der Waals surface area (Å²) < 4.78 is 5.42. The fourth-order valence-corrected chi connectivity index (χ4v) is 2.68. The number of likely N-dealkylation sites (tertiary alicyclic amines) is 1. The lowest BCUT2D eigenvalue weighted by atomic mass is 10.2. The third-order valence-electron chi connectivity index (χ3n) is 3.72. The van der Waals surface area contributed by atoms with Crippen LogP contribution in [0.1, 0.15) is 27.2 Å². The van der Waals surface area contributed by atoms with Gasteiger partial charge in [-0.2, -0.15) is 0 Å². The highest BCUT2D eigenvalue weighted by atomic mass is 16.6. The molecule has 0 aliphatic carbocycles. The van der Waals surface area contributed by atoms with E-state index in [4.69, 9.17) is 4.74 Å². The van der Waals surface area contributed by atoms with E-state index in [1.54, 1.807) is 11.2 Å². The van der Waals surface area contributed by atoms with E-state index in [1.807, 2.05) is 45.0 Å². The number of ether oxygens (including phenoxy) is 1. The molecular weight excluding hydrogens is 292 g/mol. The van der Waals surface area contributed by atoms with Crippen molar-refractivity contribution in [1.29, 1.82) is 0 Å². The summed E-state index contributed by atoms with van der Waals surface area (Å²) in [6, 6.07) is 8.06. The second-order valence-electron chi connectivity index (χ2n) is 6.80. The standard InChI is InChI=1S/C17H22N4O2/c1-17(2,3)23-16(22)21-9-8-12(10-21)20-15-13-6-4-5-7-14(13)18-11-19-15/h4-7,11-12H,8-10H2,1-3H3,(H,18,19,20). The molecule has 1 atom stereocenters. The van der Waals surface area contributed by atoms with Crippen molar-refractivity contribution in [2.75, 3.05) is 18.4 Å². The minimum Gasteiger partial charge on any atom is -0.444 e. The molecule has 1 unspecified atom stereocenters. The molecule has 2 aromatic rings. The van der Waals surface area contributed by atoms with Gasteiger partial charge in [-0.25, -0.2) is 14.8 Å². The number of hydrogen-bond acceptors (Lipinski definition) is 5. The molecule has 1 saturated heterocycles. The quantitative estimate of drug-likeness (QED) is 0.923. The first-order valence-electron chi connectivity index (χ1n) is 7.86. The maximum Gasteiger partial charge on any atom is 0.410 e. The molecule has 0 bridgehead atoms. The van der Waals surface area contributed by atoms with E-state index in [1.165, 1.54) is 0 Å². The van der Waals surface area contributed by atoms with E-state index in [0.29, 0.717) is 13.1 Å². The van der Waals surface area contributed by atoms with Gasteiger partial charge in [-0.05, 0) is 39.3 Å². The second kappa shape index (κ2) is 6.02. The molecule has 6 heteroatoms. The fourth-order valence-electron chi connectivity index (χ4n) is 2.68. The van der Waals surface area contributed by atoms with Crippen molar-refractivity contribution in [3.05, 3.63) is 30.6 Å². The molecule has 122 valence electrons. The molecular formula is C17H22N4O2. The molecule has 6 nitrogen and oxygen atoms in total. The summed E-state index contributed by atoms with van der Waals surface area (Å²) in [6.45, 7) is 6.94. The van der Waals surface area contributed by atoms with E-state index < -0.39 is 5.60 Å². The first-order chi connectivity index (χ1) is 10.9. The highest BCUT2D eigenvalue weighted by molar-refractivity contribution is 5.88. The van der Waals surface area contributed by atoms with Gasteiger partial charge >= 0.3 is 6.09 Å². The maximum absolute atomic E-state index is 12.1. The lowest BCUT2D eigenvalue weighted by molar-refractivity contribution is 0.0293. The predicted octanol–water partition coefficient (Wildman–Crippen LogP) is 3.05. The lowest BCUT2D eigenvalue weighted by Gasteiger charge is -2.24. The first kappa shape index (κ1) is 15.5. The summed E-state index contributed by atoms with van der Waals surface area (Å²) in [5.41, 5.74) is 0.442. The molecule has 23 heavy (non-hydrogen) atoms. The number of amides is 1. The van der Waals surface area contributed by atoms with Gasteiger partial charge in [0.1, 0.15) is 17.7 Å². The van der Waals surface area contributed by atoms with Gasteiger partial charge in [-0.3, -0.25) is 0 Å². The van der Waals surface area contributed by atoms with Crippen LogP contribution in [0.5, 0.6) is 0 Å². The topological polar surface area (TPSA) is 67.3 Å². The van der Waals surface area contributed by atoms with Gasteiger partial charge in [0.25, 0.3) is 0 Å². The summed E-state index contributed by atoms with van der Waals surface area (Å²) >= 11 is 0. The van der Waals surface area contributed by atoms with Crippen LogP contribution in [0.4, 0.5) is 10.6 Å². The van der Waals surface area contributed by atoms with Gasteiger partial charge < -0.3 is 15.0 Å². The molecule has 3 rings (SSSR count). The van der Waals surface area contributed by atoms with Crippen LogP contribution in [0.25, 0.3) is 10.9 Å². The predicted molar refractivity (Wildman–Crippen MR) is 89.4 cm³/mol. The van der Waals surface area contributed by atoms with Crippen molar-refractivity contribution >= 4 is 22.8 Å². The zero-order chi connectivity index (χ0) is 16.4. The molecule has 1 N–H and O–H groups in total. The summed E-state index contributed by atoms with van der Waals surface area (Å²) in [6.07, 6.45) is 2.18. The van der Waals surface area contributed by atoms with Gasteiger partial charge in [0, 0.05) is 24.5 Å². The van der Waals surface area contributed by atoms with Crippen molar-refractivity contribution in [3.63, 3.8) is 0 Å². The van der Waals surface area contributed by atoms with Crippen molar-refractivity contribution in [2.24, 2.45) is 0 Å². The monoisotopic (exact) mass is 314 g/mol. The first-order valence-corrected chi connectivity index (χ1v) is 7.86. The molecule has 1 aliphatic heterocycles. The molecule has 1 aromatic heterocycles. The van der Waals surface area contributed by atoms with E-state index in [0.717, 1.165) is 23.1 Å². The zero-order valence-electron chi connectivity index (χ0n) is 13.7. The molecule has 1 aromatic carbocycles. The average Bonchev–Trinajstić information content (AvgIpc) is 2.95. The second-order valence-corrected chi connectivity index (χ2v) is 6.80. The number of benzene rings is 1. The average molecular weight is 314 g/mol. The number of fused-ring (bicyclic) bond motifs is 1. The Kier molecular flexibility index (Phi) is 4.07. The molecule has 1 aliphatic rings. The van der Waals surface area contributed by atoms with Crippen molar-refractivity contribution in [2.45, 2.75) is 38.8 Å². The Balaban J connectivity index is 1.67. The van der Waals surface area contributed by atoms with E-state index >= 15 is 0 Å². The van der Waals surface area contributed by atoms with Gasteiger partial charge in [0.15, 0.2) is 0 Å². The smallest absolute Gasteiger partial charge is 0.410 e. The number of anilines is 1. The third kappa shape index (κ3) is 3.70. The van der Waals surface area contributed by atoms with Gasteiger partial charge in [0.05, 0.1) is 5.52 Å². The lowest BCUT2D eigenvalue weighted by Crippen LogP contribution is -2.36. The third-order valence-corrected chi connectivity index (χ3v) is 3.72. The number of aromatic nitrogens is 2. The van der Waals surface area contributed by atoms with Crippen LogP contribution < -0.4 is 5.32 Å². The van der Waals surface area contributed by atoms with Crippen LogP contribution in [-0.2, 0) is 4.74 Å². The van der Waals surface area contributed by atoms with Crippen LogP contribution >= 0.6 is 0 Å². The minimum atomic E-state index is -0.467. The van der Waals surface area contributed by atoms with E-state index in [2.05, 4.69) is 15.3 Å². The Hall–Kier alpha value is -2.37. The van der Waals surface area contributed by atoms with Crippen molar-refractivity contribution in [3.8, 4) is 0 Å². The molecule has 0 saturated carbocycles. The number of rotatable bonds is 2. The minimum absolute atomic E-state index is 0.167. The van der Waals surface area contributed by atoms with Gasteiger partial charge in [-0.1, -0.05) is 12.1 Å². The van der Waals surface area contributed by atoms with Crippen LogP contribution in [0.15, 0.2) is 30.6 Å². The number of carbonyl (C=O) groups is 1. The van der Waals surface area contributed by atoms with Crippen LogP contribution in [0, 0.1) is 0 Å². The van der Waals surface area contributed by atoms with Crippen LogP contribution in [-0.4, -0.2) is 45.7 Å². The number of para-hydroxylation sites is 1. The van der Waals surface area contributed by atoms with Crippen LogP contribution in [0.3, 0.4) is 0 Å². The Bertz CT molecular complexity index is 706.